The van der Waals surface area contributed by atoms with Crippen molar-refractivity contribution in [1.82, 2.24) is 25.6 Å². The smallest absolute Gasteiger partial charge is 0.280 e. The van der Waals surface area contributed by atoms with E-state index in [1.54, 1.807) is 6.92 Å². The van der Waals surface area contributed by atoms with Gasteiger partial charge in [-0.05, 0) is 13.8 Å². The summed E-state index contributed by atoms with van der Waals surface area (Å²) in [5, 5.41) is 13.8. The number of nitrogens with two attached hydrogens (primary N) is 1. The molecule has 0 saturated carbocycles. The summed E-state index contributed by atoms with van der Waals surface area (Å²) >= 11 is 0. The van der Waals surface area contributed by atoms with E-state index in [0.717, 1.165) is 0 Å². The molecule has 0 saturated heterocycles. The zero-order valence-corrected chi connectivity index (χ0v) is 9.67. The van der Waals surface area contributed by atoms with Crippen molar-refractivity contribution in [3.8, 4) is 11.6 Å². The number of nitrogens with zero attached hydrogens (tertiary/aromatic N) is 4. The number of hydrogen-bond acceptors (Lipinski definition) is 7. The third kappa shape index (κ3) is 2.48. The summed E-state index contributed by atoms with van der Waals surface area (Å²) in [6.45, 7) is 4.58. The van der Waals surface area contributed by atoms with Gasteiger partial charge in [0.05, 0.1) is 12.8 Å². The Hall–Kier alpha value is -1.80. The van der Waals surface area contributed by atoms with Gasteiger partial charge in [0.2, 0.25) is 0 Å². The molecular weight excluding hydrogens is 224 g/mol. The minimum Gasteiger partial charge on any atom is -0.379 e. The van der Waals surface area contributed by atoms with Gasteiger partial charge in [0, 0.05) is 6.61 Å². The van der Waals surface area contributed by atoms with Gasteiger partial charge in [-0.15, -0.1) is 0 Å². The van der Waals surface area contributed by atoms with Crippen molar-refractivity contribution in [2.75, 3.05) is 13.2 Å². The zero-order valence-electron chi connectivity index (χ0n) is 9.67. The molecule has 17 heavy (non-hydrogen) atoms. The fraction of sp³-hybridized carbons (Fsp3) is 0.556. The molecule has 1 unspecified atom stereocenters. The Balaban J connectivity index is 2.18. The molecule has 0 spiro atoms. The Morgan fingerprint density at radius 3 is 3.06 bits per heavy atom. The molecule has 0 aliphatic rings. The highest BCUT2D eigenvalue weighted by Gasteiger charge is 2.28. The van der Waals surface area contributed by atoms with E-state index in [2.05, 4.69) is 25.6 Å². The van der Waals surface area contributed by atoms with Crippen molar-refractivity contribution < 1.29 is 9.26 Å². The van der Waals surface area contributed by atoms with Crippen LogP contribution in [0.2, 0.25) is 0 Å². The van der Waals surface area contributed by atoms with Gasteiger partial charge in [-0.25, -0.2) is 0 Å². The van der Waals surface area contributed by atoms with Crippen molar-refractivity contribution in [2.24, 2.45) is 5.73 Å². The van der Waals surface area contributed by atoms with Crippen LogP contribution in [0.25, 0.3) is 11.6 Å². The highest BCUT2D eigenvalue weighted by atomic mass is 16.5. The first-order valence-electron chi connectivity index (χ1n) is 5.20. The van der Waals surface area contributed by atoms with E-state index in [1.165, 1.54) is 6.20 Å². The summed E-state index contributed by atoms with van der Waals surface area (Å²) in [7, 11) is 0. The molecule has 0 radical (unpaired) electrons. The van der Waals surface area contributed by atoms with Crippen LogP contribution in [0.4, 0.5) is 0 Å². The quantitative estimate of drug-likeness (QED) is 0.756. The topological polar surface area (TPSA) is 116 Å². The predicted molar refractivity (Wildman–Crippen MR) is 57.7 cm³/mol. The van der Waals surface area contributed by atoms with Crippen LogP contribution in [-0.2, 0) is 10.3 Å². The largest absolute Gasteiger partial charge is 0.379 e. The monoisotopic (exact) mass is 238 g/mol. The van der Waals surface area contributed by atoms with Gasteiger partial charge in [-0.3, -0.25) is 0 Å². The Labute approximate surface area is 97.5 Å². The summed E-state index contributed by atoms with van der Waals surface area (Å²) in [5.74, 6) is 0.658. The maximum atomic E-state index is 6.04. The van der Waals surface area contributed by atoms with Gasteiger partial charge in [0.15, 0.2) is 11.5 Å². The van der Waals surface area contributed by atoms with E-state index in [9.17, 15) is 0 Å². The molecule has 0 fully saturated rings. The molecule has 1 atom stereocenters. The number of aromatic nitrogens is 5. The first kappa shape index (κ1) is 11.7. The Bertz CT molecular complexity index is 464. The van der Waals surface area contributed by atoms with Gasteiger partial charge >= 0.3 is 0 Å². The number of H-pyrrole nitrogens is 1. The molecule has 2 aromatic heterocycles. The van der Waals surface area contributed by atoms with Gasteiger partial charge in [0.25, 0.3) is 5.89 Å². The van der Waals surface area contributed by atoms with Crippen molar-refractivity contribution >= 4 is 0 Å². The van der Waals surface area contributed by atoms with E-state index < -0.39 is 5.54 Å². The number of rotatable bonds is 5. The fourth-order valence-electron chi connectivity index (χ4n) is 1.24. The summed E-state index contributed by atoms with van der Waals surface area (Å²) < 4.78 is 10.3. The molecule has 0 aliphatic carbocycles. The van der Waals surface area contributed by atoms with Crippen LogP contribution in [0, 0.1) is 0 Å². The molecule has 0 aliphatic heterocycles. The standard InChI is InChI=1S/C9H14N6O2/c1-3-16-5-9(2,10)8-12-7(17-14-8)6-4-11-15-13-6/h4H,3,5,10H2,1-2H3,(H,11,13,15). The maximum Gasteiger partial charge on any atom is 0.280 e. The second-order valence-electron chi connectivity index (χ2n) is 3.83. The summed E-state index contributed by atoms with van der Waals surface area (Å²) in [4.78, 5) is 4.17. The first-order chi connectivity index (χ1) is 8.13. The van der Waals surface area contributed by atoms with Crippen LogP contribution in [0.15, 0.2) is 10.7 Å². The molecule has 0 aromatic carbocycles. The molecule has 3 N–H and O–H groups in total. The number of ether oxygens (including phenoxy) is 1. The lowest BCUT2D eigenvalue weighted by Gasteiger charge is -2.19. The molecule has 92 valence electrons. The van der Waals surface area contributed by atoms with Gasteiger partial charge in [0.1, 0.15) is 5.54 Å². The van der Waals surface area contributed by atoms with Crippen LogP contribution in [0.1, 0.15) is 19.7 Å². The molecule has 8 nitrogen and oxygen atoms in total. The van der Waals surface area contributed by atoms with Gasteiger partial charge in [-0.1, -0.05) is 5.16 Å². The zero-order chi connectivity index (χ0) is 12.3. The predicted octanol–water partition coefficient (Wildman–Crippen LogP) is 0.0651. The Kier molecular flexibility index (Phi) is 3.16. The van der Waals surface area contributed by atoms with E-state index in [0.29, 0.717) is 24.7 Å². The first-order valence-corrected chi connectivity index (χ1v) is 5.20. The van der Waals surface area contributed by atoms with Gasteiger partial charge < -0.3 is 15.0 Å². The Morgan fingerprint density at radius 2 is 2.41 bits per heavy atom. The van der Waals surface area contributed by atoms with Crippen molar-refractivity contribution in [1.29, 1.82) is 0 Å². The van der Waals surface area contributed by atoms with Crippen molar-refractivity contribution in [3.05, 3.63) is 12.0 Å². The SMILES string of the molecule is CCOCC(C)(N)c1noc(-c2cn[nH]n2)n1. The van der Waals surface area contributed by atoms with Crippen LogP contribution in [-0.4, -0.2) is 38.8 Å². The lowest BCUT2D eigenvalue weighted by molar-refractivity contribution is 0.0962. The maximum absolute atomic E-state index is 6.04. The highest BCUT2D eigenvalue weighted by Crippen LogP contribution is 2.19. The summed E-state index contributed by atoms with van der Waals surface area (Å²) in [6.07, 6.45) is 1.49. The average molecular weight is 238 g/mol. The van der Waals surface area contributed by atoms with E-state index >= 15 is 0 Å². The second kappa shape index (κ2) is 4.60. The fourth-order valence-corrected chi connectivity index (χ4v) is 1.24. The number of nitrogens with one attached hydrogen (secondary N) is 1. The summed E-state index contributed by atoms with van der Waals surface area (Å²) in [5.41, 5.74) is 5.73. The number of hydrogen-bond donors (Lipinski definition) is 2. The molecule has 2 heterocycles. The third-order valence-electron chi connectivity index (χ3n) is 2.18. The molecular formula is C9H14N6O2. The van der Waals surface area contributed by atoms with E-state index in [-0.39, 0.29) is 5.89 Å². The molecule has 0 amide bonds. The lowest BCUT2D eigenvalue weighted by Crippen LogP contribution is -2.39. The number of aromatic amines is 1. The van der Waals surface area contributed by atoms with E-state index in [1.807, 2.05) is 6.92 Å². The van der Waals surface area contributed by atoms with Crippen LogP contribution >= 0.6 is 0 Å². The lowest BCUT2D eigenvalue weighted by atomic mass is 10.1. The van der Waals surface area contributed by atoms with Crippen LogP contribution in [0.5, 0.6) is 0 Å². The van der Waals surface area contributed by atoms with E-state index in [4.69, 9.17) is 15.0 Å². The second-order valence-corrected chi connectivity index (χ2v) is 3.83. The van der Waals surface area contributed by atoms with Crippen LogP contribution < -0.4 is 5.73 Å². The summed E-state index contributed by atoms with van der Waals surface area (Å²) in [6, 6.07) is 0. The molecule has 8 heteroatoms. The Morgan fingerprint density at radius 1 is 1.59 bits per heavy atom. The van der Waals surface area contributed by atoms with Gasteiger partial charge in [-0.2, -0.15) is 20.4 Å². The van der Waals surface area contributed by atoms with Crippen molar-refractivity contribution in [2.45, 2.75) is 19.4 Å². The minimum absolute atomic E-state index is 0.280. The highest BCUT2D eigenvalue weighted by molar-refractivity contribution is 5.43. The molecule has 2 aromatic rings. The van der Waals surface area contributed by atoms with Crippen molar-refractivity contribution in [3.63, 3.8) is 0 Å². The third-order valence-corrected chi connectivity index (χ3v) is 2.18. The average Bonchev–Trinajstić information content (AvgIpc) is 2.95. The normalized spacial score (nSPS) is 14.8. The van der Waals surface area contributed by atoms with Crippen LogP contribution in [0.3, 0.4) is 0 Å². The molecule has 2 rings (SSSR count). The molecule has 0 bridgehead atoms. The minimum atomic E-state index is -0.790.